The van der Waals surface area contributed by atoms with Gasteiger partial charge in [-0.1, -0.05) is 54.1 Å². The first-order valence-electron chi connectivity index (χ1n) is 11.0. The van der Waals surface area contributed by atoms with E-state index >= 15 is 0 Å². The quantitative estimate of drug-likeness (QED) is 0.388. The number of allylic oxidation sites excluding steroid dienone is 2. The van der Waals surface area contributed by atoms with Crippen LogP contribution in [0.4, 0.5) is 17.1 Å². The number of hydrogen-bond acceptors (Lipinski definition) is 3. The van der Waals surface area contributed by atoms with Crippen molar-refractivity contribution in [2.75, 3.05) is 24.3 Å². The van der Waals surface area contributed by atoms with E-state index in [1.165, 1.54) is 28.1 Å². The van der Waals surface area contributed by atoms with Crippen LogP contribution in [0.15, 0.2) is 83.9 Å². The molecule has 0 bridgehead atoms. The van der Waals surface area contributed by atoms with Crippen LogP contribution in [0.1, 0.15) is 40.6 Å². The number of aliphatic imine (C=N–C) groups is 1. The highest BCUT2D eigenvalue weighted by Crippen LogP contribution is 2.50. The van der Waals surface area contributed by atoms with Gasteiger partial charge in [0.1, 0.15) is 0 Å². The molecule has 3 heteroatoms. The number of anilines is 2. The van der Waals surface area contributed by atoms with E-state index in [9.17, 15) is 0 Å². The summed E-state index contributed by atoms with van der Waals surface area (Å²) in [5.41, 5.74) is 8.65. The zero-order valence-corrected chi connectivity index (χ0v) is 18.4. The molecular weight excluding hydrogens is 378 g/mol. The third-order valence-electron chi connectivity index (χ3n) is 6.54. The summed E-state index contributed by atoms with van der Waals surface area (Å²) in [6, 6.07) is 24.3. The molecule has 0 fully saturated rings. The molecule has 1 aliphatic heterocycles. The van der Waals surface area contributed by atoms with E-state index in [0.29, 0.717) is 17.9 Å². The molecule has 3 aromatic carbocycles. The Balaban J connectivity index is 1.34. The Morgan fingerprint density at radius 3 is 2.48 bits per heavy atom. The van der Waals surface area contributed by atoms with Crippen LogP contribution in [0.3, 0.4) is 0 Å². The maximum Gasteiger partial charge on any atom is 0.0630 e. The Morgan fingerprint density at radius 2 is 1.74 bits per heavy atom. The van der Waals surface area contributed by atoms with Gasteiger partial charge in [-0.25, -0.2) is 0 Å². The molecule has 5 rings (SSSR count). The van der Waals surface area contributed by atoms with Gasteiger partial charge in [-0.2, -0.15) is 0 Å². The van der Waals surface area contributed by atoms with Gasteiger partial charge >= 0.3 is 0 Å². The maximum absolute atomic E-state index is 4.68. The van der Waals surface area contributed by atoms with E-state index in [1.54, 1.807) is 0 Å². The van der Waals surface area contributed by atoms with Crippen LogP contribution in [0, 0.1) is 12.8 Å². The highest BCUT2D eigenvalue weighted by molar-refractivity contribution is 5.82. The standard InChI is InChI=1S/C28H29N3/c1-19-7-16-27-26(17-19)24-5-4-6-25(24)28(30-27)21-10-12-22(13-11-21)29-18-20-8-14-23(15-9-20)31(2)3/h4-5,7-18,24-25,28,30H,6H2,1-3H3/t24-,25-,28-/m0/s1. The molecule has 2 aliphatic rings. The van der Waals surface area contributed by atoms with Crippen molar-refractivity contribution in [3.05, 3.63) is 101 Å². The van der Waals surface area contributed by atoms with Gasteiger partial charge in [0.05, 0.1) is 11.7 Å². The fraction of sp³-hybridized carbons (Fsp3) is 0.250. The first-order chi connectivity index (χ1) is 15.1. The lowest BCUT2D eigenvalue weighted by Gasteiger charge is -2.37. The fourth-order valence-electron chi connectivity index (χ4n) is 4.82. The molecule has 1 aliphatic carbocycles. The molecule has 3 nitrogen and oxygen atoms in total. The molecule has 1 heterocycles. The summed E-state index contributed by atoms with van der Waals surface area (Å²) in [5.74, 6) is 1.07. The smallest absolute Gasteiger partial charge is 0.0630 e. The Labute approximate surface area is 185 Å². The predicted molar refractivity (Wildman–Crippen MR) is 132 cm³/mol. The second kappa shape index (κ2) is 8.07. The van der Waals surface area contributed by atoms with Crippen molar-refractivity contribution in [1.29, 1.82) is 0 Å². The lowest BCUT2D eigenvalue weighted by molar-refractivity contribution is 0.425. The summed E-state index contributed by atoms with van der Waals surface area (Å²) >= 11 is 0. The summed E-state index contributed by atoms with van der Waals surface area (Å²) in [6.45, 7) is 2.18. The van der Waals surface area contributed by atoms with Crippen molar-refractivity contribution in [2.24, 2.45) is 10.9 Å². The zero-order chi connectivity index (χ0) is 21.4. The number of nitrogens with zero attached hydrogens (tertiary/aromatic N) is 2. The van der Waals surface area contributed by atoms with Crippen LogP contribution in [-0.2, 0) is 0 Å². The van der Waals surface area contributed by atoms with Crippen molar-refractivity contribution in [2.45, 2.75) is 25.3 Å². The molecule has 0 saturated heterocycles. The van der Waals surface area contributed by atoms with Gasteiger partial charge in [0.2, 0.25) is 0 Å². The molecule has 1 N–H and O–H groups in total. The van der Waals surface area contributed by atoms with Gasteiger partial charge in [-0.15, -0.1) is 0 Å². The number of fused-ring (bicyclic) bond motifs is 3. The molecule has 156 valence electrons. The van der Waals surface area contributed by atoms with Crippen LogP contribution in [0.2, 0.25) is 0 Å². The minimum Gasteiger partial charge on any atom is -0.378 e. The van der Waals surface area contributed by atoms with E-state index in [0.717, 1.165) is 17.7 Å². The minimum absolute atomic E-state index is 0.326. The van der Waals surface area contributed by atoms with Crippen LogP contribution < -0.4 is 10.2 Å². The highest BCUT2D eigenvalue weighted by atomic mass is 15.1. The van der Waals surface area contributed by atoms with E-state index in [2.05, 4.69) is 115 Å². The van der Waals surface area contributed by atoms with Gasteiger partial charge in [0, 0.05) is 37.6 Å². The molecule has 0 spiro atoms. The topological polar surface area (TPSA) is 27.6 Å². The van der Waals surface area contributed by atoms with Crippen molar-refractivity contribution in [3.8, 4) is 0 Å². The first-order valence-corrected chi connectivity index (χ1v) is 11.0. The third kappa shape index (κ3) is 3.88. The van der Waals surface area contributed by atoms with E-state index in [1.807, 2.05) is 6.21 Å². The number of benzene rings is 3. The largest absolute Gasteiger partial charge is 0.378 e. The SMILES string of the molecule is Cc1ccc2c(c1)[C@H]1C=CC[C@@H]1[C@H](c1ccc(N=Cc3ccc(N(C)C)cc3)cc1)N2. The van der Waals surface area contributed by atoms with Crippen LogP contribution in [-0.4, -0.2) is 20.3 Å². The van der Waals surface area contributed by atoms with Crippen molar-refractivity contribution in [3.63, 3.8) is 0 Å². The number of nitrogens with one attached hydrogen (secondary N) is 1. The van der Waals surface area contributed by atoms with E-state index in [4.69, 9.17) is 0 Å². The second-order valence-corrected chi connectivity index (χ2v) is 8.90. The maximum atomic E-state index is 4.68. The van der Waals surface area contributed by atoms with Gasteiger partial charge in [0.25, 0.3) is 0 Å². The van der Waals surface area contributed by atoms with Crippen LogP contribution in [0.5, 0.6) is 0 Å². The number of aryl methyl sites for hydroxylation is 1. The highest BCUT2D eigenvalue weighted by Gasteiger charge is 2.37. The van der Waals surface area contributed by atoms with E-state index in [-0.39, 0.29) is 0 Å². The Hall–Kier alpha value is -3.33. The Bertz CT molecular complexity index is 1120. The van der Waals surface area contributed by atoms with Crippen molar-refractivity contribution in [1.82, 2.24) is 0 Å². The third-order valence-corrected chi connectivity index (χ3v) is 6.54. The van der Waals surface area contributed by atoms with Gasteiger partial charge < -0.3 is 10.2 Å². The molecule has 0 radical (unpaired) electrons. The molecule has 0 aromatic heterocycles. The monoisotopic (exact) mass is 407 g/mol. The molecular formula is C28H29N3. The zero-order valence-electron chi connectivity index (χ0n) is 18.4. The summed E-state index contributed by atoms with van der Waals surface area (Å²) in [6.07, 6.45) is 7.81. The van der Waals surface area contributed by atoms with Crippen molar-refractivity contribution < 1.29 is 0 Å². The van der Waals surface area contributed by atoms with Gasteiger partial charge in [-0.05, 0) is 66.3 Å². The van der Waals surface area contributed by atoms with E-state index < -0.39 is 0 Å². The van der Waals surface area contributed by atoms with Crippen molar-refractivity contribution >= 4 is 23.3 Å². The summed E-state index contributed by atoms with van der Waals surface area (Å²) in [7, 11) is 4.10. The second-order valence-electron chi connectivity index (χ2n) is 8.90. The lowest BCUT2D eigenvalue weighted by Crippen LogP contribution is -2.29. The average Bonchev–Trinajstić information content (AvgIpc) is 3.28. The molecule has 3 aromatic rings. The molecule has 0 amide bonds. The average molecular weight is 408 g/mol. The first kappa shape index (κ1) is 19.6. The predicted octanol–water partition coefficient (Wildman–Crippen LogP) is 6.64. The van der Waals surface area contributed by atoms with Gasteiger partial charge in [-0.3, -0.25) is 4.99 Å². The summed E-state index contributed by atoms with van der Waals surface area (Å²) in [4.78, 5) is 6.78. The fourth-order valence-corrected chi connectivity index (χ4v) is 4.82. The lowest BCUT2D eigenvalue weighted by atomic mass is 9.76. The normalized spacial score (nSPS) is 21.6. The molecule has 3 atom stereocenters. The van der Waals surface area contributed by atoms with Crippen LogP contribution in [0.25, 0.3) is 0 Å². The summed E-state index contributed by atoms with van der Waals surface area (Å²) < 4.78 is 0. The minimum atomic E-state index is 0.326. The summed E-state index contributed by atoms with van der Waals surface area (Å²) in [5, 5.41) is 3.82. The molecule has 0 saturated carbocycles. The number of hydrogen-bond donors (Lipinski definition) is 1. The van der Waals surface area contributed by atoms with Gasteiger partial charge in [0.15, 0.2) is 0 Å². The van der Waals surface area contributed by atoms with Crippen LogP contribution >= 0.6 is 0 Å². The Morgan fingerprint density at radius 1 is 0.968 bits per heavy atom. The molecule has 31 heavy (non-hydrogen) atoms. The Kier molecular flexibility index (Phi) is 5.11. The molecule has 0 unspecified atom stereocenters. The number of rotatable bonds is 4.